The molecular weight excluding hydrogens is 254 g/mol. The number of hydrogen-bond acceptors (Lipinski definition) is 4. The van der Waals surface area contributed by atoms with Crippen molar-refractivity contribution in [2.24, 2.45) is 5.10 Å². The Bertz CT molecular complexity index is 603. The number of furan rings is 1. The van der Waals surface area contributed by atoms with Crippen LogP contribution >= 0.6 is 0 Å². The zero-order valence-corrected chi connectivity index (χ0v) is 11.6. The summed E-state index contributed by atoms with van der Waals surface area (Å²) in [4.78, 5) is 15.6. The summed E-state index contributed by atoms with van der Waals surface area (Å²) in [7, 11) is 0. The van der Waals surface area contributed by atoms with Crippen LogP contribution in [0.1, 0.15) is 35.2 Å². The molecule has 20 heavy (non-hydrogen) atoms. The van der Waals surface area contributed by atoms with E-state index in [4.69, 9.17) is 4.42 Å². The number of carbonyl (C=O) groups excluding carboxylic acids is 1. The molecule has 0 fully saturated rings. The fourth-order valence-electron chi connectivity index (χ4n) is 1.69. The summed E-state index contributed by atoms with van der Waals surface area (Å²) in [6, 6.07) is 7.30. The third kappa shape index (κ3) is 4.05. The first-order valence-electron chi connectivity index (χ1n) is 6.44. The summed E-state index contributed by atoms with van der Waals surface area (Å²) in [5.74, 6) is 1.57. The maximum Gasteiger partial charge on any atom is 0.272 e. The molecule has 5 nitrogen and oxygen atoms in total. The molecule has 2 aromatic rings. The van der Waals surface area contributed by atoms with E-state index in [0.29, 0.717) is 5.56 Å². The molecule has 0 aromatic carbocycles. The molecule has 0 bridgehead atoms. The molecular formula is C15H17N3O2. The van der Waals surface area contributed by atoms with Crippen molar-refractivity contribution in [2.45, 2.75) is 26.7 Å². The predicted octanol–water partition coefficient (Wildman–Crippen LogP) is 2.72. The van der Waals surface area contributed by atoms with E-state index in [2.05, 4.69) is 15.5 Å². The molecule has 104 valence electrons. The van der Waals surface area contributed by atoms with Gasteiger partial charge < -0.3 is 4.42 Å². The minimum Gasteiger partial charge on any atom is -0.466 e. The number of rotatable bonds is 5. The normalized spacial score (nSPS) is 11.4. The lowest BCUT2D eigenvalue weighted by molar-refractivity contribution is 0.0954. The highest BCUT2D eigenvalue weighted by Gasteiger charge is 2.04. The molecule has 0 atom stereocenters. The van der Waals surface area contributed by atoms with Gasteiger partial charge in [-0.25, -0.2) is 5.43 Å². The van der Waals surface area contributed by atoms with Crippen LogP contribution in [0.5, 0.6) is 0 Å². The molecule has 1 amide bonds. The van der Waals surface area contributed by atoms with E-state index in [1.54, 1.807) is 18.3 Å². The van der Waals surface area contributed by atoms with Crippen LogP contribution in [-0.4, -0.2) is 16.6 Å². The van der Waals surface area contributed by atoms with Crippen molar-refractivity contribution in [1.82, 2.24) is 10.4 Å². The lowest BCUT2D eigenvalue weighted by Gasteiger charge is -2.01. The van der Waals surface area contributed by atoms with Crippen LogP contribution in [0, 0.1) is 6.92 Å². The molecule has 0 saturated carbocycles. The number of aryl methyl sites for hydroxylation is 2. The van der Waals surface area contributed by atoms with Gasteiger partial charge in [0.05, 0.1) is 5.56 Å². The lowest BCUT2D eigenvalue weighted by Crippen LogP contribution is -2.19. The molecule has 5 heteroatoms. The van der Waals surface area contributed by atoms with Gasteiger partial charge in [-0.2, -0.15) is 5.10 Å². The Morgan fingerprint density at radius 1 is 1.40 bits per heavy atom. The maximum absolute atomic E-state index is 11.7. The molecule has 0 radical (unpaired) electrons. The van der Waals surface area contributed by atoms with Gasteiger partial charge in [-0.1, -0.05) is 0 Å². The summed E-state index contributed by atoms with van der Waals surface area (Å²) in [5, 5.41) is 4.07. The van der Waals surface area contributed by atoms with Crippen LogP contribution in [0.2, 0.25) is 0 Å². The van der Waals surface area contributed by atoms with E-state index >= 15 is 0 Å². The minimum absolute atomic E-state index is 0.258. The van der Waals surface area contributed by atoms with E-state index in [1.807, 2.05) is 26.0 Å². The van der Waals surface area contributed by atoms with Gasteiger partial charge in [-0.05, 0) is 44.5 Å². The number of nitrogens with one attached hydrogen (secondary N) is 1. The second-order valence-corrected chi connectivity index (χ2v) is 4.54. The van der Waals surface area contributed by atoms with E-state index in [-0.39, 0.29) is 5.91 Å². The highest BCUT2D eigenvalue weighted by molar-refractivity contribution is 5.94. The summed E-state index contributed by atoms with van der Waals surface area (Å²) in [6.45, 7) is 3.79. The van der Waals surface area contributed by atoms with Crippen molar-refractivity contribution in [3.05, 3.63) is 53.7 Å². The SMILES string of the molecule is C/C(CCc1ccc(C)o1)=N/NC(=O)c1cccnc1. The number of pyridine rings is 1. The van der Waals surface area contributed by atoms with Crippen LogP contribution in [0.15, 0.2) is 46.2 Å². The topological polar surface area (TPSA) is 67.5 Å². The number of hydrazone groups is 1. The average Bonchev–Trinajstić information content (AvgIpc) is 2.89. The highest BCUT2D eigenvalue weighted by Crippen LogP contribution is 2.08. The Labute approximate surface area is 117 Å². The molecule has 0 aliphatic rings. The van der Waals surface area contributed by atoms with Crippen molar-refractivity contribution in [1.29, 1.82) is 0 Å². The standard InChI is InChI=1S/C15H17N3O2/c1-11(5-7-14-8-6-12(2)20-14)17-18-15(19)13-4-3-9-16-10-13/h3-4,6,8-10H,5,7H2,1-2H3,(H,18,19)/b17-11-. The number of carbonyl (C=O) groups is 1. The Hall–Kier alpha value is -2.43. The van der Waals surface area contributed by atoms with Crippen LogP contribution in [-0.2, 0) is 6.42 Å². The second-order valence-electron chi connectivity index (χ2n) is 4.54. The average molecular weight is 271 g/mol. The van der Waals surface area contributed by atoms with Crippen LogP contribution in [0.25, 0.3) is 0 Å². The van der Waals surface area contributed by atoms with Crippen LogP contribution < -0.4 is 5.43 Å². The van der Waals surface area contributed by atoms with Gasteiger partial charge in [0, 0.05) is 24.5 Å². The largest absolute Gasteiger partial charge is 0.466 e. The van der Waals surface area contributed by atoms with E-state index < -0.39 is 0 Å². The van der Waals surface area contributed by atoms with Crippen LogP contribution in [0.3, 0.4) is 0 Å². The zero-order chi connectivity index (χ0) is 14.4. The van der Waals surface area contributed by atoms with Gasteiger partial charge >= 0.3 is 0 Å². The molecule has 0 aliphatic carbocycles. The van der Waals surface area contributed by atoms with Gasteiger partial charge in [-0.15, -0.1) is 0 Å². The van der Waals surface area contributed by atoms with E-state index in [0.717, 1.165) is 30.1 Å². The van der Waals surface area contributed by atoms with Crippen molar-refractivity contribution < 1.29 is 9.21 Å². The lowest BCUT2D eigenvalue weighted by atomic mass is 10.2. The Morgan fingerprint density at radius 2 is 2.25 bits per heavy atom. The number of amides is 1. The van der Waals surface area contributed by atoms with Gasteiger partial charge in [0.1, 0.15) is 11.5 Å². The molecule has 2 rings (SSSR count). The third-order valence-electron chi connectivity index (χ3n) is 2.80. The molecule has 0 aliphatic heterocycles. The maximum atomic E-state index is 11.7. The highest BCUT2D eigenvalue weighted by atomic mass is 16.3. The van der Waals surface area contributed by atoms with E-state index in [9.17, 15) is 4.79 Å². The van der Waals surface area contributed by atoms with Gasteiger partial charge in [0.2, 0.25) is 0 Å². The molecule has 0 spiro atoms. The van der Waals surface area contributed by atoms with E-state index in [1.165, 1.54) is 6.20 Å². The predicted molar refractivity (Wildman–Crippen MR) is 76.6 cm³/mol. The Morgan fingerprint density at radius 3 is 2.90 bits per heavy atom. The third-order valence-corrected chi connectivity index (χ3v) is 2.80. The Balaban J connectivity index is 1.83. The van der Waals surface area contributed by atoms with Crippen molar-refractivity contribution in [2.75, 3.05) is 0 Å². The number of nitrogens with zero attached hydrogens (tertiary/aromatic N) is 2. The second kappa shape index (κ2) is 6.65. The van der Waals surface area contributed by atoms with Crippen LogP contribution in [0.4, 0.5) is 0 Å². The summed E-state index contributed by atoms with van der Waals surface area (Å²) >= 11 is 0. The quantitative estimate of drug-likeness (QED) is 0.671. The molecule has 2 heterocycles. The molecule has 1 N–H and O–H groups in total. The summed E-state index contributed by atoms with van der Waals surface area (Å²) in [6.07, 6.45) is 4.63. The summed E-state index contributed by atoms with van der Waals surface area (Å²) < 4.78 is 5.48. The fraction of sp³-hybridized carbons (Fsp3) is 0.267. The van der Waals surface area contributed by atoms with Gasteiger partial charge in [0.15, 0.2) is 0 Å². The molecule has 0 unspecified atom stereocenters. The van der Waals surface area contributed by atoms with Crippen molar-refractivity contribution in [3.8, 4) is 0 Å². The van der Waals surface area contributed by atoms with Crippen molar-refractivity contribution >= 4 is 11.6 Å². The molecule has 0 saturated heterocycles. The first-order chi connectivity index (χ1) is 9.65. The fourth-order valence-corrected chi connectivity index (χ4v) is 1.69. The first kappa shape index (κ1) is 14.0. The Kier molecular flexibility index (Phi) is 4.65. The van der Waals surface area contributed by atoms with Gasteiger partial charge in [-0.3, -0.25) is 9.78 Å². The first-order valence-corrected chi connectivity index (χ1v) is 6.44. The number of aromatic nitrogens is 1. The van der Waals surface area contributed by atoms with Crippen molar-refractivity contribution in [3.63, 3.8) is 0 Å². The molecule has 2 aromatic heterocycles. The monoisotopic (exact) mass is 271 g/mol. The minimum atomic E-state index is -0.258. The summed E-state index contributed by atoms with van der Waals surface area (Å²) in [5.41, 5.74) is 3.85. The van der Waals surface area contributed by atoms with Gasteiger partial charge in [0.25, 0.3) is 5.91 Å². The number of hydrogen-bond donors (Lipinski definition) is 1. The zero-order valence-electron chi connectivity index (χ0n) is 11.6. The smallest absolute Gasteiger partial charge is 0.272 e.